The molecule has 0 atom stereocenters. The minimum absolute atomic E-state index is 0.0334. The highest BCUT2D eigenvalue weighted by atomic mass is 127. The standard InChI is InChI=1S/C25H13F3INS/c26-22-11-16(15-1-6-19(29)7-2-15)3-8-20(22)17-4-9-21(23(27)12-17)18-5-10-25(30-14-31)24(28)13-18/h1-13H. The van der Waals surface area contributed by atoms with Crippen LogP contribution in [0.2, 0.25) is 0 Å². The molecule has 0 unspecified atom stereocenters. The summed E-state index contributed by atoms with van der Waals surface area (Å²) in [5, 5.41) is 2.10. The molecule has 4 aromatic rings. The Labute approximate surface area is 196 Å². The number of benzene rings is 4. The minimum atomic E-state index is -0.629. The van der Waals surface area contributed by atoms with Crippen molar-refractivity contribution in [2.45, 2.75) is 0 Å². The van der Waals surface area contributed by atoms with Gasteiger partial charge in [-0.05, 0) is 93.5 Å². The molecular weight excluding hydrogens is 530 g/mol. The molecule has 0 radical (unpaired) electrons. The Morgan fingerprint density at radius 1 is 0.613 bits per heavy atom. The highest BCUT2D eigenvalue weighted by Gasteiger charge is 2.13. The second kappa shape index (κ2) is 9.14. The van der Waals surface area contributed by atoms with Crippen molar-refractivity contribution in [1.82, 2.24) is 0 Å². The molecule has 152 valence electrons. The Morgan fingerprint density at radius 3 is 1.65 bits per heavy atom. The van der Waals surface area contributed by atoms with Crippen LogP contribution in [0.3, 0.4) is 0 Å². The fourth-order valence-electron chi connectivity index (χ4n) is 3.30. The van der Waals surface area contributed by atoms with Crippen molar-refractivity contribution in [2.24, 2.45) is 4.99 Å². The van der Waals surface area contributed by atoms with Gasteiger partial charge >= 0.3 is 0 Å². The molecule has 0 saturated heterocycles. The van der Waals surface area contributed by atoms with Crippen LogP contribution in [0.25, 0.3) is 33.4 Å². The van der Waals surface area contributed by atoms with Crippen LogP contribution in [0.15, 0.2) is 83.9 Å². The number of hydrogen-bond donors (Lipinski definition) is 0. The summed E-state index contributed by atoms with van der Waals surface area (Å²) < 4.78 is 44.8. The van der Waals surface area contributed by atoms with Crippen LogP contribution >= 0.6 is 34.8 Å². The van der Waals surface area contributed by atoms with E-state index >= 15 is 0 Å². The normalized spacial score (nSPS) is 10.6. The zero-order valence-corrected chi connectivity index (χ0v) is 18.8. The lowest BCUT2D eigenvalue weighted by molar-refractivity contribution is 0.624. The molecular formula is C25H13F3INS. The van der Waals surface area contributed by atoms with E-state index < -0.39 is 17.5 Å². The van der Waals surface area contributed by atoms with Gasteiger partial charge in [0.1, 0.15) is 23.1 Å². The number of aliphatic imine (C=N–C) groups is 1. The van der Waals surface area contributed by atoms with Crippen molar-refractivity contribution < 1.29 is 13.2 Å². The van der Waals surface area contributed by atoms with Crippen molar-refractivity contribution in [3.8, 4) is 33.4 Å². The highest BCUT2D eigenvalue weighted by molar-refractivity contribution is 14.1. The Morgan fingerprint density at radius 2 is 1.10 bits per heavy atom. The van der Waals surface area contributed by atoms with Crippen LogP contribution in [0.4, 0.5) is 18.9 Å². The van der Waals surface area contributed by atoms with Gasteiger partial charge in [0.25, 0.3) is 0 Å². The highest BCUT2D eigenvalue weighted by Crippen LogP contribution is 2.33. The van der Waals surface area contributed by atoms with Crippen molar-refractivity contribution in [2.75, 3.05) is 0 Å². The predicted molar refractivity (Wildman–Crippen MR) is 130 cm³/mol. The van der Waals surface area contributed by atoms with Gasteiger partial charge in [0.05, 0.1) is 5.16 Å². The third kappa shape index (κ3) is 4.61. The number of halogens is 4. The number of nitrogens with zero attached hydrogens (tertiary/aromatic N) is 1. The molecule has 0 spiro atoms. The molecule has 4 aromatic carbocycles. The zero-order valence-electron chi connectivity index (χ0n) is 15.9. The minimum Gasteiger partial charge on any atom is -0.206 e. The monoisotopic (exact) mass is 543 g/mol. The van der Waals surface area contributed by atoms with Crippen molar-refractivity contribution in [3.05, 3.63) is 99.9 Å². The number of thiocarbonyl (C=S) groups is 1. The van der Waals surface area contributed by atoms with E-state index in [4.69, 9.17) is 0 Å². The molecule has 0 aliphatic rings. The van der Waals surface area contributed by atoms with Gasteiger partial charge in [0, 0.05) is 14.7 Å². The molecule has 0 N–H and O–H groups in total. The Balaban J connectivity index is 1.67. The smallest absolute Gasteiger partial charge is 0.150 e. The molecule has 4 rings (SSSR count). The summed E-state index contributed by atoms with van der Waals surface area (Å²) in [5.41, 5.74) is 2.91. The second-order valence-electron chi connectivity index (χ2n) is 6.77. The lowest BCUT2D eigenvalue weighted by atomic mass is 9.97. The maximum atomic E-state index is 14.8. The Kier molecular flexibility index (Phi) is 6.32. The molecule has 0 aliphatic heterocycles. The van der Waals surface area contributed by atoms with Crippen molar-refractivity contribution in [1.29, 1.82) is 0 Å². The fourth-order valence-corrected chi connectivity index (χ4v) is 3.76. The summed E-state index contributed by atoms with van der Waals surface area (Å²) in [7, 11) is 0. The van der Waals surface area contributed by atoms with Crippen molar-refractivity contribution >= 4 is 45.7 Å². The maximum Gasteiger partial charge on any atom is 0.150 e. The van der Waals surface area contributed by atoms with E-state index in [0.29, 0.717) is 11.1 Å². The Hall–Kier alpha value is -2.80. The third-order valence-corrected chi connectivity index (χ3v) is 5.66. The Bertz CT molecular complexity index is 1330. The molecule has 0 bridgehead atoms. The fraction of sp³-hybridized carbons (Fsp3) is 0. The second-order valence-corrected chi connectivity index (χ2v) is 8.19. The van der Waals surface area contributed by atoms with E-state index in [2.05, 4.69) is 45.0 Å². The van der Waals surface area contributed by atoms with Gasteiger partial charge in [-0.25, -0.2) is 13.2 Å². The van der Waals surface area contributed by atoms with E-state index in [1.807, 2.05) is 24.3 Å². The van der Waals surface area contributed by atoms with E-state index in [0.717, 1.165) is 14.7 Å². The first kappa shape index (κ1) is 21.4. The van der Waals surface area contributed by atoms with Crippen LogP contribution in [-0.2, 0) is 0 Å². The van der Waals surface area contributed by atoms with Crippen LogP contribution in [0.1, 0.15) is 0 Å². The number of hydrogen-bond acceptors (Lipinski definition) is 2. The molecule has 0 aliphatic carbocycles. The summed E-state index contributed by atoms with van der Waals surface area (Å²) in [6.45, 7) is 0. The summed E-state index contributed by atoms with van der Waals surface area (Å²) in [6, 6.07) is 21.1. The summed E-state index contributed by atoms with van der Waals surface area (Å²) in [6.07, 6.45) is 0. The van der Waals surface area contributed by atoms with E-state index in [1.165, 1.54) is 30.3 Å². The predicted octanol–water partition coefficient (Wildman–Crippen LogP) is 8.44. The molecule has 6 heteroatoms. The van der Waals surface area contributed by atoms with Gasteiger partial charge in [-0.2, -0.15) is 4.99 Å². The van der Waals surface area contributed by atoms with Crippen LogP contribution in [0.5, 0.6) is 0 Å². The van der Waals surface area contributed by atoms with Gasteiger partial charge < -0.3 is 0 Å². The molecule has 1 nitrogen and oxygen atoms in total. The van der Waals surface area contributed by atoms with Crippen LogP contribution in [0, 0.1) is 21.0 Å². The molecule has 31 heavy (non-hydrogen) atoms. The zero-order chi connectivity index (χ0) is 22.0. The van der Waals surface area contributed by atoms with Crippen molar-refractivity contribution in [3.63, 3.8) is 0 Å². The number of isothiocyanates is 1. The average Bonchev–Trinajstić information content (AvgIpc) is 2.76. The van der Waals surface area contributed by atoms with Crippen LogP contribution in [-0.4, -0.2) is 5.16 Å². The summed E-state index contributed by atoms with van der Waals surface area (Å²) in [5.74, 6) is -1.66. The van der Waals surface area contributed by atoms with Gasteiger partial charge in [0.15, 0.2) is 0 Å². The first-order chi connectivity index (χ1) is 15.0. The van der Waals surface area contributed by atoms with Gasteiger partial charge in [-0.3, -0.25) is 0 Å². The lowest BCUT2D eigenvalue weighted by Crippen LogP contribution is -1.91. The molecule has 0 saturated carbocycles. The topological polar surface area (TPSA) is 12.4 Å². The first-order valence-corrected chi connectivity index (χ1v) is 10.7. The van der Waals surface area contributed by atoms with E-state index in [-0.39, 0.29) is 16.8 Å². The lowest BCUT2D eigenvalue weighted by Gasteiger charge is -2.10. The maximum absolute atomic E-state index is 14.8. The van der Waals surface area contributed by atoms with E-state index in [9.17, 15) is 13.2 Å². The van der Waals surface area contributed by atoms with Crippen LogP contribution < -0.4 is 0 Å². The van der Waals surface area contributed by atoms with Gasteiger partial charge in [-0.1, -0.05) is 42.5 Å². The van der Waals surface area contributed by atoms with Gasteiger partial charge in [0.2, 0.25) is 0 Å². The molecule has 0 aromatic heterocycles. The average molecular weight is 543 g/mol. The third-order valence-electron chi connectivity index (χ3n) is 4.85. The largest absolute Gasteiger partial charge is 0.206 e. The SMILES string of the molecule is Fc1cc(-c2ccc(-c3ccc(-c4ccc(I)cc4)cc3F)cc2F)ccc1N=C=S. The molecule has 0 heterocycles. The first-order valence-electron chi connectivity index (χ1n) is 9.19. The summed E-state index contributed by atoms with van der Waals surface area (Å²) >= 11 is 6.69. The van der Waals surface area contributed by atoms with Gasteiger partial charge in [-0.15, -0.1) is 0 Å². The van der Waals surface area contributed by atoms with E-state index in [1.54, 1.807) is 24.3 Å². The number of rotatable bonds is 4. The molecule has 0 amide bonds. The molecule has 0 fully saturated rings. The quantitative estimate of drug-likeness (QED) is 0.143. The summed E-state index contributed by atoms with van der Waals surface area (Å²) in [4.78, 5) is 3.61.